The Morgan fingerprint density at radius 3 is 1.32 bits per heavy atom. The first-order valence-electron chi connectivity index (χ1n) is 9.43. The molecule has 0 bridgehead atoms. The predicted octanol–water partition coefficient (Wildman–Crippen LogP) is 8.63. The van der Waals surface area contributed by atoms with Crippen molar-refractivity contribution in [1.82, 2.24) is 0 Å². The first-order chi connectivity index (χ1) is 13.9. The number of rotatable bonds is 2. The standard InChI is InChI=1S/C26H14S2/c1-5-15-19(23-9-3-11-27-23)13-22-18-8-2-6-16-20(24-10-4-12-28-24)14-21(26(16)18)17(7-1)25(15)22/h1-14H. The maximum Gasteiger partial charge on any atom is 0.0349 e. The summed E-state index contributed by atoms with van der Waals surface area (Å²) < 4.78 is 0. The van der Waals surface area contributed by atoms with Crippen LogP contribution in [0.1, 0.15) is 0 Å². The highest BCUT2D eigenvalue weighted by atomic mass is 32.1. The first kappa shape index (κ1) is 15.0. The van der Waals surface area contributed by atoms with Crippen molar-refractivity contribution in [1.29, 1.82) is 0 Å². The highest BCUT2D eigenvalue weighted by Gasteiger charge is 2.20. The molecule has 2 aromatic heterocycles. The van der Waals surface area contributed by atoms with E-state index in [1.165, 1.54) is 64.0 Å². The van der Waals surface area contributed by atoms with E-state index in [1.807, 2.05) is 22.7 Å². The molecule has 7 aromatic rings. The third kappa shape index (κ3) is 1.80. The molecule has 0 spiro atoms. The maximum absolute atomic E-state index is 2.41. The molecule has 0 N–H and O–H groups in total. The Hall–Kier alpha value is -2.94. The zero-order valence-corrected chi connectivity index (χ0v) is 16.5. The maximum atomic E-state index is 2.41. The van der Waals surface area contributed by atoms with E-state index < -0.39 is 0 Å². The Labute approximate surface area is 170 Å². The van der Waals surface area contributed by atoms with Crippen molar-refractivity contribution >= 4 is 65.8 Å². The summed E-state index contributed by atoms with van der Waals surface area (Å²) in [6, 6.07) is 27.2. The highest BCUT2D eigenvalue weighted by molar-refractivity contribution is 7.14. The van der Waals surface area contributed by atoms with E-state index >= 15 is 0 Å². The molecule has 7 rings (SSSR count). The molecule has 0 aliphatic heterocycles. The van der Waals surface area contributed by atoms with Crippen LogP contribution in [-0.4, -0.2) is 0 Å². The van der Waals surface area contributed by atoms with Gasteiger partial charge in [0.15, 0.2) is 0 Å². The van der Waals surface area contributed by atoms with Crippen molar-refractivity contribution in [2.75, 3.05) is 0 Å². The molecular formula is C26H14S2. The monoisotopic (exact) mass is 390 g/mol. The molecule has 0 saturated heterocycles. The molecule has 0 radical (unpaired) electrons. The third-order valence-electron chi connectivity index (χ3n) is 5.98. The Balaban J connectivity index is 1.73. The zero-order valence-electron chi connectivity index (χ0n) is 14.9. The number of hydrogen-bond donors (Lipinski definition) is 0. The Morgan fingerprint density at radius 2 is 0.893 bits per heavy atom. The molecule has 28 heavy (non-hydrogen) atoms. The van der Waals surface area contributed by atoms with Crippen LogP contribution < -0.4 is 0 Å². The molecule has 5 aromatic carbocycles. The van der Waals surface area contributed by atoms with E-state index in [1.54, 1.807) is 0 Å². The summed E-state index contributed by atoms with van der Waals surface area (Å²) in [5.41, 5.74) is 2.73. The molecule has 0 atom stereocenters. The number of hydrogen-bond acceptors (Lipinski definition) is 2. The van der Waals surface area contributed by atoms with Gasteiger partial charge in [-0.3, -0.25) is 0 Å². The summed E-state index contributed by atoms with van der Waals surface area (Å²) in [6.45, 7) is 0. The Bertz CT molecular complexity index is 1460. The minimum Gasteiger partial charge on any atom is -0.144 e. The van der Waals surface area contributed by atoms with Crippen LogP contribution in [0.4, 0.5) is 0 Å². The van der Waals surface area contributed by atoms with Crippen LogP contribution in [0.2, 0.25) is 0 Å². The van der Waals surface area contributed by atoms with E-state index in [2.05, 4.69) is 83.6 Å². The van der Waals surface area contributed by atoms with Crippen LogP contribution in [-0.2, 0) is 0 Å². The molecule has 0 nitrogen and oxygen atoms in total. The summed E-state index contributed by atoms with van der Waals surface area (Å²) in [4.78, 5) is 2.70. The second-order valence-corrected chi connectivity index (χ2v) is 9.25. The van der Waals surface area contributed by atoms with E-state index in [4.69, 9.17) is 0 Å². The zero-order chi connectivity index (χ0) is 18.2. The molecule has 0 saturated carbocycles. The van der Waals surface area contributed by atoms with Gasteiger partial charge in [-0.15, -0.1) is 22.7 Å². The topological polar surface area (TPSA) is 0 Å². The molecule has 130 valence electrons. The van der Waals surface area contributed by atoms with Gasteiger partial charge in [0.25, 0.3) is 0 Å². The lowest BCUT2D eigenvalue weighted by atomic mass is 9.96. The van der Waals surface area contributed by atoms with Crippen LogP contribution in [0.5, 0.6) is 0 Å². The third-order valence-corrected chi connectivity index (χ3v) is 7.79. The van der Waals surface area contributed by atoms with Gasteiger partial charge in [-0.1, -0.05) is 48.5 Å². The average Bonchev–Trinajstić information content (AvgIpc) is 3.51. The lowest BCUT2D eigenvalue weighted by Gasteiger charge is -2.06. The Kier molecular flexibility index (Phi) is 2.85. The van der Waals surface area contributed by atoms with Gasteiger partial charge in [0.1, 0.15) is 0 Å². The molecule has 2 heterocycles. The number of thiophene rings is 2. The predicted molar refractivity (Wildman–Crippen MR) is 125 cm³/mol. The molecule has 0 fully saturated rings. The largest absolute Gasteiger partial charge is 0.144 e. The van der Waals surface area contributed by atoms with Gasteiger partial charge in [-0.05, 0) is 78.1 Å². The number of benzene rings is 3. The van der Waals surface area contributed by atoms with E-state index in [9.17, 15) is 0 Å². The van der Waals surface area contributed by atoms with Crippen molar-refractivity contribution in [3.63, 3.8) is 0 Å². The van der Waals surface area contributed by atoms with E-state index in [0.717, 1.165) is 0 Å². The van der Waals surface area contributed by atoms with E-state index in [-0.39, 0.29) is 0 Å². The van der Waals surface area contributed by atoms with Gasteiger partial charge in [0.2, 0.25) is 0 Å². The van der Waals surface area contributed by atoms with E-state index in [0.29, 0.717) is 0 Å². The summed E-state index contributed by atoms with van der Waals surface area (Å²) >= 11 is 3.64. The lowest BCUT2D eigenvalue weighted by Crippen LogP contribution is -1.78. The van der Waals surface area contributed by atoms with Gasteiger partial charge in [0.05, 0.1) is 0 Å². The summed E-state index contributed by atoms with van der Waals surface area (Å²) in [7, 11) is 0. The van der Waals surface area contributed by atoms with Crippen molar-refractivity contribution in [2.24, 2.45) is 0 Å². The molecular weight excluding hydrogens is 376 g/mol. The molecule has 0 aliphatic carbocycles. The number of fused-ring (bicyclic) bond motifs is 2. The summed E-state index contributed by atoms with van der Waals surface area (Å²) in [5.74, 6) is 0. The van der Waals surface area contributed by atoms with Crippen LogP contribution in [0.3, 0.4) is 0 Å². The minimum absolute atomic E-state index is 1.35. The van der Waals surface area contributed by atoms with Gasteiger partial charge in [-0.2, -0.15) is 0 Å². The van der Waals surface area contributed by atoms with Crippen LogP contribution in [0, 0.1) is 0 Å². The molecule has 0 amide bonds. The lowest BCUT2D eigenvalue weighted by molar-refractivity contribution is 1.88. The molecule has 0 unspecified atom stereocenters. The first-order valence-corrected chi connectivity index (χ1v) is 11.2. The fourth-order valence-corrected chi connectivity index (χ4v) is 6.38. The second-order valence-electron chi connectivity index (χ2n) is 7.35. The van der Waals surface area contributed by atoms with Crippen LogP contribution in [0.25, 0.3) is 64.0 Å². The van der Waals surface area contributed by atoms with Crippen molar-refractivity contribution < 1.29 is 0 Å². The van der Waals surface area contributed by atoms with Crippen LogP contribution >= 0.6 is 22.7 Å². The van der Waals surface area contributed by atoms with Crippen LogP contribution in [0.15, 0.2) is 83.6 Å². The van der Waals surface area contributed by atoms with Crippen molar-refractivity contribution in [2.45, 2.75) is 0 Å². The molecule has 2 heteroatoms. The highest BCUT2D eigenvalue weighted by Crippen LogP contribution is 2.48. The second kappa shape index (κ2) is 5.32. The molecule has 0 aliphatic rings. The summed E-state index contributed by atoms with van der Waals surface area (Å²) in [6.07, 6.45) is 0. The minimum atomic E-state index is 1.35. The van der Waals surface area contributed by atoms with Gasteiger partial charge < -0.3 is 0 Å². The summed E-state index contributed by atoms with van der Waals surface area (Å²) in [5, 5.41) is 15.4. The van der Waals surface area contributed by atoms with Crippen molar-refractivity contribution in [3.8, 4) is 20.9 Å². The fraction of sp³-hybridized carbons (Fsp3) is 0. The average molecular weight is 391 g/mol. The van der Waals surface area contributed by atoms with Gasteiger partial charge in [-0.25, -0.2) is 0 Å². The smallest absolute Gasteiger partial charge is 0.0349 e. The SMILES string of the molecule is c1csc(-c2cc3c4cccc5c(-c6cccs6)cc(c6cccc2c63)c54)c1. The van der Waals surface area contributed by atoms with Gasteiger partial charge >= 0.3 is 0 Å². The van der Waals surface area contributed by atoms with Crippen molar-refractivity contribution in [3.05, 3.63) is 83.6 Å². The normalized spacial score (nSPS) is 12.3. The fourth-order valence-electron chi connectivity index (χ4n) is 4.87. The quantitative estimate of drug-likeness (QED) is 0.259. The Morgan fingerprint density at radius 1 is 0.429 bits per heavy atom. The van der Waals surface area contributed by atoms with Gasteiger partial charge in [0, 0.05) is 20.9 Å².